The highest BCUT2D eigenvalue weighted by Gasteiger charge is 2.28. The second kappa shape index (κ2) is 7.73. The average molecular weight is 380 g/mol. The zero-order valence-electron chi connectivity index (χ0n) is 16.9. The molecule has 7 nitrogen and oxygen atoms in total. The predicted octanol–water partition coefficient (Wildman–Crippen LogP) is 3.29. The molecule has 28 heavy (non-hydrogen) atoms. The maximum atomic E-state index is 13.0. The molecular weight excluding hydrogens is 352 g/mol. The highest BCUT2D eigenvalue weighted by atomic mass is 16.1. The molecule has 7 heteroatoms. The molecule has 0 aliphatic heterocycles. The largest absolute Gasteiger partial charge is 0.352 e. The molecule has 3 aromatic rings. The Morgan fingerprint density at radius 2 is 2.21 bits per heavy atom. The Morgan fingerprint density at radius 3 is 2.89 bits per heavy atom. The van der Waals surface area contributed by atoms with Crippen molar-refractivity contribution in [1.82, 2.24) is 29.9 Å². The third-order valence-corrected chi connectivity index (χ3v) is 5.19. The summed E-state index contributed by atoms with van der Waals surface area (Å²) in [7, 11) is 0. The summed E-state index contributed by atoms with van der Waals surface area (Å²) in [5.74, 6) is 0.725. The first-order chi connectivity index (χ1) is 13.5. The summed E-state index contributed by atoms with van der Waals surface area (Å²) in [6, 6.07) is 3.96. The number of aromatic nitrogens is 5. The fourth-order valence-corrected chi connectivity index (χ4v) is 3.53. The van der Waals surface area contributed by atoms with E-state index >= 15 is 0 Å². The maximum absolute atomic E-state index is 13.0. The molecule has 0 spiro atoms. The number of carbonyl (C=O) groups excluding carboxylic acids is 1. The SMILES string of the molecule is CCCn1ncc2c(C(=O)NCC(C)Cn3ccc(C)n3)cc(C3CC3)nc21. The topological polar surface area (TPSA) is 77.6 Å². The van der Waals surface area contributed by atoms with Crippen molar-refractivity contribution in [3.8, 4) is 0 Å². The van der Waals surface area contributed by atoms with E-state index < -0.39 is 0 Å². The van der Waals surface area contributed by atoms with Crippen molar-refractivity contribution in [3.63, 3.8) is 0 Å². The van der Waals surface area contributed by atoms with Crippen LogP contribution >= 0.6 is 0 Å². The van der Waals surface area contributed by atoms with Crippen LogP contribution in [0.25, 0.3) is 11.0 Å². The fraction of sp³-hybridized carbons (Fsp3) is 0.524. The minimum absolute atomic E-state index is 0.0474. The Labute approximate surface area is 165 Å². The van der Waals surface area contributed by atoms with Gasteiger partial charge in [0.25, 0.3) is 5.91 Å². The number of hydrogen-bond acceptors (Lipinski definition) is 4. The van der Waals surface area contributed by atoms with E-state index in [2.05, 4.69) is 29.4 Å². The van der Waals surface area contributed by atoms with E-state index in [1.165, 1.54) is 0 Å². The second-order valence-corrected chi connectivity index (χ2v) is 7.97. The van der Waals surface area contributed by atoms with Gasteiger partial charge in [-0.3, -0.25) is 9.48 Å². The van der Waals surface area contributed by atoms with Crippen LogP contribution in [0.15, 0.2) is 24.5 Å². The van der Waals surface area contributed by atoms with E-state index in [-0.39, 0.29) is 11.8 Å². The van der Waals surface area contributed by atoms with Crippen LogP contribution < -0.4 is 5.32 Å². The van der Waals surface area contributed by atoms with Gasteiger partial charge in [-0.05, 0) is 44.2 Å². The summed E-state index contributed by atoms with van der Waals surface area (Å²) in [5.41, 5.74) is 3.55. The highest BCUT2D eigenvalue weighted by molar-refractivity contribution is 6.05. The summed E-state index contributed by atoms with van der Waals surface area (Å²) < 4.78 is 3.84. The number of amides is 1. The van der Waals surface area contributed by atoms with Crippen molar-refractivity contribution >= 4 is 16.9 Å². The van der Waals surface area contributed by atoms with Gasteiger partial charge < -0.3 is 5.32 Å². The third-order valence-electron chi connectivity index (χ3n) is 5.19. The Hall–Kier alpha value is -2.70. The first kappa shape index (κ1) is 18.7. The number of nitrogens with one attached hydrogen (secondary N) is 1. The van der Waals surface area contributed by atoms with Crippen molar-refractivity contribution in [2.75, 3.05) is 6.54 Å². The summed E-state index contributed by atoms with van der Waals surface area (Å²) in [6.07, 6.45) is 7.05. The lowest BCUT2D eigenvalue weighted by Gasteiger charge is -2.14. The number of pyridine rings is 1. The lowest BCUT2D eigenvalue weighted by atomic mass is 10.1. The Kier molecular flexibility index (Phi) is 5.15. The molecule has 4 rings (SSSR count). The second-order valence-electron chi connectivity index (χ2n) is 7.97. The molecule has 1 saturated carbocycles. The number of rotatable bonds is 8. The minimum Gasteiger partial charge on any atom is -0.352 e. The quantitative estimate of drug-likeness (QED) is 0.650. The standard InChI is InChI=1S/C21H28N6O/c1-4-8-27-20-18(12-23-27)17(10-19(24-20)16-5-6-16)21(28)22-11-14(2)13-26-9-7-15(3)25-26/h7,9-10,12,14,16H,4-6,8,11,13H2,1-3H3,(H,22,28). The highest BCUT2D eigenvalue weighted by Crippen LogP contribution is 2.40. The van der Waals surface area contributed by atoms with Crippen LogP contribution in [0.3, 0.4) is 0 Å². The van der Waals surface area contributed by atoms with Gasteiger partial charge in [0.05, 0.1) is 22.8 Å². The van der Waals surface area contributed by atoms with Gasteiger partial charge in [-0.25, -0.2) is 9.67 Å². The van der Waals surface area contributed by atoms with Gasteiger partial charge in [0.15, 0.2) is 5.65 Å². The zero-order chi connectivity index (χ0) is 19.7. The van der Waals surface area contributed by atoms with E-state index in [0.29, 0.717) is 18.0 Å². The Balaban J connectivity index is 1.51. The molecule has 0 radical (unpaired) electrons. The first-order valence-electron chi connectivity index (χ1n) is 10.2. The molecule has 1 aliphatic rings. The van der Waals surface area contributed by atoms with Crippen molar-refractivity contribution in [1.29, 1.82) is 0 Å². The van der Waals surface area contributed by atoms with E-state index in [4.69, 9.17) is 4.98 Å². The maximum Gasteiger partial charge on any atom is 0.252 e. The monoisotopic (exact) mass is 380 g/mol. The number of aryl methyl sites for hydroxylation is 2. The van der Waals surface area contributed by atoms with Gasteiger partial charge in [-0.15, -0.1) is 0 Å². The van der Waals surface area contributed by atoms with Crippen LogP contribution in [0.1, 0.15) is 60.8 Å². The molecule has 1 aliphatic carbocycles. The first-order valence-corrected chi connectivity index (χ1v) is 10.2. The molecule has 3 heterocycles. The molecule has 1 N–H and O–H groups in total. The van der Waals surface area contributed by atoms with Crippen LogP contribution in [0, 0.1) is 12.8 Å². The lowest BCUT2D eigenvalue weighted by Crippen LogP contribution is -2.30. The molecule has 0 bridgehead atoms. The smallest absolute Gasteiger partial charge is 0.252 e. The van der Waals surface area contributed by atoms with Crippen LogP contribution in [0.2, 0.25) is 0 Å². The number of hydrogen-bond donors (Lipinski definition) is 1. The number of fused-ring (bicyclic) bond motifs is 1. The van der Waals surface area contributed by atoms with Crippen LogP contribution in [0.4, 0.5) is 0 Å². The molecule has 0 aromatic carbocycles. The van der Waals surface area contributed by atoms with Gasteiger partial charge >= 0.3 is 0 Å². The lowest BCUT2D eigenvalue weighted by molar-refractivity contribution is 0.0948. The minimum atomic E-state index is -0.0474. The van der Waals surface area contributed by atoms with E-state index in [9.17, 15) is 4.79 Å². The Bertz CT molecular complexity index is 984. The van der Waals surface area contributed by atoms with Gasteiger partial charge in [0, 0.05) is 37.4 Å². The number of carbonyl (C=O) groups is 1. The van der Waals surface area contributed by atoms with E-state index in [1.807, 2.05) is 34.6 Å². The molecule has 148 valence electrons. The zero-order valence-corrected chi connectivity index (χ0v) is 16.9. The van der Waals surface area contributed by atoms with Gasteiger partial charge in [0.1, 0.15) is 0 Å². The average Bonchev–Trinajstić information content (AvgIpc) is 3.34. The summed E-state index contributed by atoms with van der Waals surface area (Å²) in [5, 5.41) is 12.8. The molecule has 1 atom stereocenters. The van der Waals surface area contributed by atoms with Gasteiger partial charge in [-0.2, -0.15) is 10.2 Å². The molecule has 3 aromatic heterocycles. The summed E-state index contributed by atoms with van der Waals surface area (Å²) in [6.45, 7) is 8.41. The van der Waals surface area contributed by atoms with Crippen LogP contribution in [-0.2, 0) is 13.1 Å². The van der Waals surface area contributed by atoms with Crippen LogP contribution in [0.5, 0.6) is 0 Å². The number of nitrogens with zero attached hydrogens (tertiary/aromatic N) is 5. The Morgan fingerprint density at radius 1 is 1.39 bits per heavy atom. The van der Waals surface area contributed by atoms with Crippen molar-refractivity contribution in [3.05, 3.63) is 41.5 Å². The summed E-state index contributed by atoms with van der Waals surface area (Å²) in [4.78, 5) is 17.8. The third kappa shape index (κ3) is 3.93. The molecule has 1 fully saturated rings. The van der Waals surface area contributed by atoms with E-state index in [1.54, 1.807) is 6.20 Å². The van der Waals surface area contributed by atoms with Gasteiger partial charge in [0.2, 0.25) is 0 Å². The molecule has 0 saturated heterocycles. The molecule has 1 unspecified atom stereocenters. The molecule has 1 amide bonds. The summed E-state index contributed by atoms with van der Waals surface area (Å²) >= 11 is 0. The predicted molar refractivity (Wildman–Crippen MR) is 108 cm³/mol. The van der Waals surface area contributed by atoms with Gasteiger partial charge in [-0.1, -0.05) is 13.8 Å². The van der Waals surface area contributed by atoms with Crippen molar-refractivity contribution in [2.45, 2.75) is 59.0 Å². The normalized spacial score (nSPS) is 15.1. The van der Waals surface area contributed by atoms with Crippen molar-refractivity contribution in [2.24, 2.45) is 5.92 Å². The molecular formula is C21H28N6O. The fourth-order valence-electron chi connectivity index (χ4n) is 3.53. The van der Waals surface area contributed by atoms with Crippen LogP contribution in [-0.4, -0.2) is 37.0 Å². The van der Waals surface area contributed by atoms with E-state index in [0.717, 1.165) is 54.8 Å². The van der Waals surface area contributed by atoms with Crippen molar-refractivity contribution < 1.29 is 4.79 Å².